The first kappa shape index (κ1) is 12.5. The predicted molar refractivity (Wildman–Crippen MR) is 58.7 cm³/mol. The van der Waals surface area contributed by atoms with E-state index in [1.165, 1.54) is 32.1 Å². The number of hydrogen-bond acceptors (Lipinski definition) is 1. The Hall–Kier alpha value is -0.460. The van der Waals surface area contributed by atoms with E-state index in [2.05, 4.69) is 20.4 Å². The molecule has 0 aliphatic heterocycles. The molecule has 0 amide bonds. The molecule has 0 bridgehead atoms. The summed E-state index contributed by atoms with van der Waals surface area (Å²) in [5, 5.41) is 0. The highest BCUT2D eigenvalue weighted by atomic mass is 16.5. The molecule has 13 heavy (non-hydrogen) atoms. The topological polar surface area (TPSA) is 9.23 Å². The number of allylic oxidation sites excluding steroid dienone is 1. The highest BCUT2D eigenvalue weighted by Crippen LogP contribution is 2.15. The predicted octanol–water partition coefficient (Wildman–Crippen LogP) is 4.14. The van der Waals surface area contributed by atoms with Crippen LogP contribution in [-0.2, 0) is 4.74 Å². The monoisotopic (exact) mass is 184 g/mol. The molecule has 0 N–H and O–H groups in total. The van der Waals surface area contributed by atoms with Crippen LogP contribution in [0.5, 0.6) is 0 Å². The molecular formula is C12H24O. The van der Waals surface area contributed by atoms with Crippen LogP contribution in [0.15, 0.2) is 12.3 Å². The summed E-state index contributed by atoms with van der Waals surface area (Å²) >= 11 is 0. The fourth-order valence-corrected chi connectivity index (χ4v) is 1.55. The van der Waals surface area contributed by atoms with Crippen molar-refractivity contribution in [3.63, 3.8) is 0 Å². The van der Waals surface area contributed by atoms with Crippen molar-refractivity contribution >= 4 is 0 Å². The van der Waals surface area contributed by atoms with E-state index in [9.17, 15) is 0 Å². The second-order valence-electron chi connectivity index (χ2n) is 3.88. The Morgan fingerprint density at radius 1 is 1.31 bits per heavy atom. The third kappa shape index (κ3) is 7.89. The zero-order valence-corrected chi connectivity index (χ0v) is 9.44. The third-order valence-electron chi connectivity index (χ3n) is 2.47. The Labute approximate surface area is 83.2 Å². The van der Waals surface area contributed by atoms with Gasteiger partial charge in [0.15, 0.2) is 0 Å². The minimum atomic E-state index is 0.890. The molecule has 0 aromatic carbocycles. The molecule has 0 spiro atoms. The first-order valence-corrected chi connectivity index (χ1v) is 5.42. The molecule has 0 saturated carbocycles. The van der Waals surface area contributed by atoms with E-state index < -0.39 is 0 Å². The zero-order valence-electron chi connectivity index (χ0n) is 9.44. The maximum absolute atomic E-state index is 5.01. The van der Waals surface area contributed by atoms with Crippen LogP contribution in [0.4, 0.5) is 0 Å². The van der Waals surface area contributed by atoms with Crippen LogP contribution in [-0.4, -0.2) is 7.11 Å². The van der Waals surface area contributed by atoms with E-state index in [4.69, 9.17) is 4.74 Å². The van der Waals surface area contributed by atoms with E-state index in [-0.39, 0.29) is 0 Å². The van der Waals surface area contributed by atoms with Gasteiger partial charge in [-0.15, -0.1) is 0 Å². The summed E-state index contributed by atoms with van der Waals surface area (Å²) < 4.78 is 5.01. The van der Waals surface area contributed by atoms with E-state index in [0.717, 1.165) is 18.1 Å². The SMILES string of the molecule is C=C(CCCCC(C)CCC)OC. The molecule has 78 valence electrons. The molecule has 0 aromatic rings. The summed E-state index contributed by atoms with van der Waals surface area (Å²) in [5.41, 5.74) is 0. The summed E-state index contributed by atoms with van der Waals surface area (Å²) in [6.07, 6.45) is 7.58. The second-order valence-corrected chi connectivity index (χ2v) is 3.88. The van der Waals surface area contributed by atoms with Crippen LogP contribution in [0.1, 0.15) is 52.4 Å². The van der Waals surface area contributed by atoms with Gasteiger partial charge in [-0.1, -0.05) is 46.1 Å². The van der Waals surface area contributed by atoms with Crippen molar-refractivity contribution in [2.75, 3.05) is 7.11 Å². The average Bonchev–Trinajstić information content (AvgIpc) is 2.12. The summed E-state index contributed by atoms with van der Waals surface area (Å²) in [4.78, 5) is 0. The molecule has 0 saturated heterocycles. The minimum absolute atomic E-state index is 0.890. The maximum Gasteiger partial charge on any atom is 0.0883 e. The van der Waals surface area contributed by atoms with E-state index in [0.29, 0.717) is 0 Å². The lowest BCUT2D eigenvalue weighted by Gasteiger charge is -2.09. The van der Waals surface area contributed by atoms with Crippen molar-refractivity contribution in [3.8, 4) is 0 Å². The van der Waals surface area contributed by atoms with E-state index in [1.807, 2.05) is 0 Å². The van der Waals surface area contributed by atoms with Crippen LogP contribution in [0.2, 0.25) is 0 Å². The lowest BCUT2D eigenvalue weighted by Crippen LogP contribution is -1.94. The van der Waals surface area contributed by atoms with Crippen molar-refractivity contribution in [1.29, 1.82) is 0 Å². The molecule has 0 aliphatic rings. The van der Waals surface area contributed by atoms with Gasteiger partial charge in [-0.25, -0.2) is 0 Å². The molecule has 0 rings (SSSR count). The normalized spacial score (nSPS) is 12.5. The van der Waals surface area contributed by atoms with Crippen molar-refractivity contribution in [2.45, 2.75) is 52.4 Å². The molecular weight excluding hydrogens is 160 g/mol. The highest BCUT2D eigenvalue weighted by molar-refractivity contribution is 4.80. The molecule has 1 unspecified atom stereocenters. The van der Waals surface area contributed by atoms with Crippen LogP contribution in [0.25, 0.3) is 0 Å². The fraction of sp³-hybridized carbons (Fsp3) is 0.833. The molecule has 0 fully saturated rings. The van der Waals surface area contributed by atoms with E-state index in [1.54, 1.807) is 7.11 Å². The van der Waals surface area contributed by atoms with Crippen molar-refractivity contribution < 1.29 is 4.74 Å². The highest BCUT2D eigenvalue weighted by Gasteiger charge is 2.00. The first-order chi connectivity index (χ1) is 6.20. The van der Waals surface area contributed by atoms with Gasteiger partial charge < -0.3 is 4.74 Å². The standard InChI is InChI=1S/C12H24O/c1-5-8-11(2)9-6-7-10-12(3)13-4/h11H,3,5-10H2,1-2,4H3. The zero-order chi connectivity index (χ0) is 10.1. The number of rotatable bonds is 8. The lowest BCUT2D eigenvalue weighted by molar-refractivity contribution is 0.275. The number of hydrogen-bond donors (Lipinski definition) is 0. The summed E-state index contributed by atoms with van der Waals surface area (Å²) in [6.45, 7) is 8.40. The fourth-order valence-electron chi connectivity index (χ4n) is 1.55. The van der Waals surface area contributed by atoms with Gasteiger partial charge in [0.25, 0.3) is 0 Å². The van der Waals surface area contributed by atoms with Gasteiger partial charge in [0.2, 0.25) is 0 Å². The number of unbranched alkanes of at least 4 members (excludes halogenated alkanes) is 1. The maximum atomic E-state index is 5.01. The van der Waals surface area contributed by atoms with Crippen molar-refractivity contribution in [3.05, 3.63) is 12.3 Å². The summed E-state index contributed by atoms with van der Waals surface area (Å²) in [6, 6.07) is 0. The average molecular weight is 184 g/mol. The van der Waals surface area contributed by atoms with Crippen molar-refractivity contribution in [1.82, 2.24) is 0 Å². The minimum Gasteiger partial charge on any atom is -0.502 e. The Morgan fingerprint density at radius 2 is 2.00 bits per heavy atom. The van der Waals surface area contributed by atoms with Crippen LogP contribution in [0.3, 0.4) is 0 Å². The molecule has 0 heterocycles. The van der Waals surface area contributed by atoms with Crippen LogP contribution >= 0.6 is 0 Å². The van der Waals surface area contributed by atoms with Crippen LogP contribution < -0.4 is 0 Å². The summed E-state index contributed by atoms with van der Waals surface area (Å²) in [5.74, 6) is 1.81. The Balaban J connectivity index is 3.20. The van der Waals surface area contributed by atoms with Crippen molar-refractivity contribution in [2.24, 2.45) is 5.92 Å². The molecule has 0 aliphatic carbocycles. The lowest BCUT2D eigenvalue weighted by atomic mass is 9.98. The van der Waals surface area contributed by atoms with Gasteiger partial charge in [-0.3, -0.25) is 0 Å². The molecule has 1 heteroatoms. The quantitative estimate of drug-likeness (QED) is 0.407. The largest absolute Gasteiger partial charge is 0.502 e. The Morgan fingerprint density at radius 3 is 2.54 bits per heavy atom. The van der Waals surface area contributed by atoms with Gasteiger partial charge in [-0.05, 0) is 12.3 Å². The third-order valence-corrected chi connectivity index (χ3v) is 2.47. The Kier molecular flexibility index (Phi) is 7.86. The number of methoxy groups -OCH3 is 1. The van der Waals surface area contributed by atoms with Crippen LogP contribution in [0, 0.1) is 5.92 Å². The Bertz CT molecular complexity index is 129. The van der Waals surface area contributed by atoms with Gasteiger partial charge in [0, 0.05) is 6.42 Å². The van der Waals surface area contributed by atoms with Gasteiger partial charge in [-0.2, -0.15) is 0 Å². The summed E-state index contributed by atoms with van der Waals surface area (Å²) in [7, 11) is 1.70. The van der Waals surface area contributed by atoms with Gasteiger partial charge in [0.1, 0.15) is 0 Å². The molecule has 1 nitrogen and oxygen atoms in total. The number of ether oxygens (including phenoxy) is 1. The first-order valence-electron chi connectivity index (χ1n) is 5.42. The van der Waals surface area contributed by atoms with Gasteiger partial charge in [0.05, 0.1) is 12.9 Å². The molecule has 1 atom stereocenters. The molecule has 0 radical (unpaired) electrons. The second kappa shape index (κ2) is 8.15. The smallest absolute Gasteiger partial charge is 0.0883 e. The van der Waals surface area contributed by atoms with Gasteiger partial charge >= 0.3 is 0 Å². The van der Waals surface area contributed by atoms with E-state index >= 15 is 0 Å². The molecule has 0 aromatic heterocycles.